The molecule has 0 amide bonds. The molecule has 140 valence electrons. The molecule has 8 heteroatoms. The molecule has 0 aliphatic carbocycles. The van der Waals surface area contributed by atoms with E-state index >= 15 is 0 Å². The van der Waals surface area contributed by atoms with E-state index in [1.165, 1.54) is 0 Å². The first-order valence-corrected chi connectivity index (χ1v) is 10.1. The average molecular weight is 397 g/mol. The van der Waals surface area contributed by atoms with Gasteiger partial charge in [-0.05, 0) is 31.2 Å². The van der Waals surface area contributed by atoms with Crippen LogP contribution in [0.2, 0.25) is 0 Å². The van der Waals surface area contributed by atoms with Crippen LogP contribution in [0.4, 0.5) is 0 Å². The number of aryl methyl sites for hydroxylation is 1. The maximum Gasteiger partial charge on any atom is 0.167 e. The Morgan fingerprint density at radius 3 is 3.07 bits per heavy atom. The zero-order valence-corrected chi connectivity index (χ0v) is 16.3. The molecule has 6 heterocycles. The molecule has 0 radical (unpaired) electrons. The Balaban J connectivity index is 1.60. The third kappa shape index (κ3) is 2.53. The first-order valence-electron chi connectivity index (χ1n) is 9.24. The fraction of sp³-hybridized carbons (Fsp3) is 0.0952. The number of nitrogens with one attached hydrogen (secondary N) is 1. The summed E-state index contributed by atoms with van der Waals surface area (Å²) in [5.74, 6) is 0.729. The topological polar surface area (TPSA) is 83.6 Å². The van der Waals surface area contributed by atoms with Gasteiger partial charge in [-0.2, -0.15) is 5.10 Å². The third-order valence-corrected chi connectivity index (χ3v) is 6.04. The van der Waals surface area contributed by atoms with E-state index in [9.17, 15) is 0 Å². The van der Waals surface area contributed by atoms with E-state index in [-0.39, 0.29) is 0 Å². The van der Waals surface area contributed by atoms with E-state index in [2.05, 4.69) is 37.2 Å². The lowest BCUT2D eigenvalue weighted by Gasteiger charge is -2.01. The van der Waals surface area contributed by atoms with Gasteiger partial charge in [0, 0.05) is 35.8 Å². The molecule has 1 N–H and O–H groups in total. The predicted octanol–water partition coefficient (Wildman–Crippen LogP) is 4.14. The monoisotopic (exact) mass is 397 g/mol. The molecule has 5 aromatic rings. The molecule has 7 nitrogen and oxygen atoms in total. The van der Waals surface area contributed by atoms with Crippen molar-refractivity contribution in [3.63, 3.8) is 0 Å². The van der Waals surface area contributed by atoms with E-state index in [0.29, 0.717) is 6.54 Å². The summed E-state index contributed by atoms with van der Waals surface area (Å²) in [7, 11) is 0. The summed E-state index contributed by atoms with van der Waals surface area (Å²) < 4.78 is 1.89. The van der Waals surface area contributed by atoms with Crippen LogP contribution in [0, 0.1) is 6.92 Å². The summed E-state index contributed by atoms with van der Waals surface area (Å²) >= 11 is 1.60. The van der Waals surface area contributed by atoms with Crippen molar-refractivity contribution in [1.29, 1.82) is 0 Å². The number of H-pyrrole nitrogens is 1. The Kier molecular flexibility index (Phi) is 3.48. The summed E-state index contributed by atoms with van der Waals surface area (Å²) in [5, 5.41) is 6.60. The highest BCUT2D eigenvalue weighted by molar-refractivity contribution is 7.17. The molecule has 5 aromatic heterocycles. The quantitative estimate of drug-likeness (QED) is 0.497. The number of thiazole rings is 1. The van der Waals surface area contributed by atoms with E-state index in [0.717, 1.165) is 54.8 Å². The van der Waals surface area contributed by atoms with Crippen molar-refractivity contribution in [2.75, 3.05) is 6.54 Å². The Morgan fingerprint density at radius 2 is 2.17 bits per heavy atom. The second-order valence-corrected chi connectivity index (χ2v) is 7.80. The van der Waals surface area contributed by atoms with E-state index in [4.69, 9.17) is 4.98 Å². The molecule has 29 heavy (non-hydrogen) atoms. The Morgan fingerprint density at radius 1 is 1.21 bits per heavy atom. The van der Waals surface area contributed by atoms with E-state index < -0.39 is 0 Å². The molecule has 1 aliphatic heterocycles. The van der Waals surface area contributed by atoms with Crippen molar-refractivity contribution < 1.29 is 0 Å². The number of pyridine rings is 2. The van der Waals surface area contributed by atoms with Crippen LogP contribution < -0.4 is 0 Å². The van der Waals surface area contributed by atoms with Crippen LogP contribution in [-0.2, 0) is 0 Å². The van der Waals surface area contributed by atoms with Crippen LogP contribution in [0.25, 0.3) is 38.4 Å². The number of rotatable bonds is 3. The molecule has 0 saturated carbocycles. The molecule has 0 atom stereocenters. The second kappa shape index (κ2) is 6.18. The van der Waals surface area contributed by atoms with Crippen LogP contribution in [-0.4, -0.2) is 43.2 Å². The standard InChI is InChI=1S/C21H15N7S/c1-12-16(15-4-2-3-9-28(15)27-12)21-26-17(18(29-21)20-23-7-8-24-20)14-10-13-5-6-22-19(13)25-11-14/h2-7,9-11H,8H2,1H3,(H,22,25). The second-order valence-electron chi connectivity index (χ2n) is 6.80. The predicted molar refractivity (Wildman–Crippen MR) is 116 cm³/mol. The van der Waals surface area contributed by atoms with Crippen molar-refractivity contribution >= 4 is 39.9 Å². The summed E-state index contributed by atoms with van der Waals surface area (Å²) in [5.41, 5.74) is 5.69. The van der Waals surface area contributed by atoms with Gasteiger partial charge in [-0.1, -0.05) is 6.07 Å². The van der Waals surface area contributed by atoms with Gasteiger partial charge in [-0.25, -0.2) is 19.5 Å². The summed E-state index contributed by atoms with van der Waals surface area (Å²) in [6.45, 7) is 2.62. The van der Waals surface area contributed by atoms with Crippen LogP contribution in [0.15, 0.2) is 58.9 Å². The normalized spacial score (nSPS) is 13.6. The first kappa shape index (κ1) is 16.3. The van der Waals surface area contributed by atoms with Gasteiger partial charge >= 0.3 is 0 Å². The molecule has 0 fully saturated rings. The number of aliphatic imine (C=N–C) groups is 2. The zero-order valence-electron chi connectivity index (χ0n) is 15.5. The van der Waals surface area contributed by atoms with Crippen LogP contribution in [0.5, 0.6) is 0 Å². The molecule has 0 aromatic carbocycles. The lowest BCUT2D eigenvalue weighted by molar-refractivity contribution is 0.934. The van der Waals surface area contributed by atoms with Crippen molar-refractivity contribution in [3.05, 3.63) is 59.5 Å². The SMILES string of the molecule is Cc1nn2ccccc2c1-c1nc(-c2cnc3[nH]ccc3c2)c(C2=NCC=N2)s1. The molecule has 0 spiro atoms. The van der Waals surface area contributed by atoms with E-state index in [1.54, 1.807) is 11.3 Å². The van der Waals surface area contributed by atoms with Gasteiger partial charge in [0.1, 0.15) is 10.7 Å². The zero-order chi connectivity index (χ0) is 19.4. The Hall–Kier alpha value is -3.65. The van der Waals surface area contributed by atoms with E-state index in [1.807, 2.05) is 54.4 Å². The van der Waals surface area contributed by atoms with Gasteiger partial charge in [0.2, 0.25) is 0 Å². The maximum absolute atomic E-state index is 5.03. The molecule has 0 unspecified atom stereocenters. The summed E-state index contributed by atoms with van der Waals surface area (Å²) in [4.78, 5) is 22.7. The lowest BCUT2D eigenvalue weighted by atomic mass is 10.1. The number of nitrogens with zero attached hydrogens (tertiary/aromatic N) is 6. The minimum absolute atomic E-state index is 0.604. The molecular formula is C21H15N7S. The van der Waals surface area contributed by atoms with Crippen molar-refractivity contribution in [2.45, 2.75) is 6.92 Å². The molecule has 0 bridgehead atoms. The van der Waals surface area contributed by atoms with Gasteiger partial charge in [0.25, 0.3) is 0 Å². The number of hydrogen-bond acceptors (Lipinski definition) is 6. The highest BCUT2D eigenvalue weighted by atomic mass is 32.1. The lowest BCUT2D eigenvalue weighted by Crippen LogP contribution is -1.94. The smallest absolute Gasteiger partial charge is 0.167 e. The van der Waals surface area contributed by atoms with Crippen molar-refractivity contribution in [2.24, 2.45) is 9.98 Å². The summed E-state index contributed by atoms with van der Waals surface area (Å²) in [6, 6.07) is 10.2. The van der Waals surface area contributed by atoms with Gasteiger partial charge in [0.15, 0.2) is 5.84 Å². The third-order valence-electron chi connectivity index (χ3n) is 4.97. The Bertz CT molecular complexity index is 1450. The van der Waals surface area contributed by atoms with Crippen LogP contribution in [0.1, 0.15) is 10.6 Å². The highest BCUT2D eigenvalue weighted by Crippen LogP contribution is 2.38. The molecule has 1 aliphatic rings. The molecule has 0 saturated heterocycles. The number of aromatic amines is 1. The minimum Gasteiger partial charge on any atom is -0.346 e. The highest BCUT2D eigenvalue weighted by Gasteiger charge is 2.23. The Labute approximate surface area is 169 Å². The first-order chi connectivity index (χ1) is 14.3. The minimum atomic E-state index is 0.604. The van der Waals surface area contributed by atoms with Crippen molar-refractivity contribution in [3.8, 4) is 21.8 Å². The van der Waals surface area contributed by atoms with Crippen LogP contribution >= 0.6 is 11.3 Å². The number of fused-ring (bicyclic) bond motifs is 2. The fourth-order valence-electron chi connectivity index (χ4n) is 3.65. The van der Waals surface area contributed by atoms with Gasteiger partial charge in [-0.3, -0.25) is 4.99 Å². The molecular weight excluding hydrogens is 382 g/mol. The van der Waals surface area contributed by atoms with Gasteiger partial charge in [-0.15, -0.1) is 11.3 Å². The van der Waals surface area contributed by atoms with Gasteiger partial charge in [0.05, 0.1) is 33.9 Å². The maximum atomic E-state index is 5.03. The van der Waals surface area contributed by atoms with Crippen molar-refractivity contribution in [1.82, 2.24) is 24.6 Å². The fourth-order valence-corrected chi connectivity index (χ4v) is 4.80. The largest absolute Gasteiger partial charge is 0.346 e. The summed E-state index contributed by atoms with van der Waals surface area (Å²) in [6.07, 6.45) is 7.52. The number of aromatic nitrogens is 5. The molecule has 6 rings (SSSR count). The number of hydrogen-bond donors (Lipinski definition) is 1. The van der Waals surface area contributed by atoms with Gasteiger partial charge < -0.3 is 4.98 Å². The van der Waals surface area contributed by atoms with Crippen LogP contribution in [0.3, 0.4) is 0 Å². The number of amidine groups is 1. The average Bonchev–Trinajstić information content (AvgIpc) is 3.50.